The summed E-state index contributed by atoms with van der Waals surface area (Å²) >= 11 is 0. The first-order chi connectivity index (χ1) is 11.7. The molecule has 1 heterocycles. The van der Waals surface area contributed by atoms with E-state index in [9.17, 15) is 9.59 Å². The average molecular weight is 343 g/mol. The highest BCUT2D eigenvalue weighted by Gasteiger charge is 2.05. The van der Waals surface area contributed by atoms with Crippen LogP contribution in [-0.4, -0.2) is 74.6 Å². The molecule has 0 radical (unpaired) electrons. The summed E-state index contributed by atoms with van der Waals surface area (Å²) in [6, 6.07) is 0. The van der Waals surface area contributed by atoms with Crippen molar-refractivity contribution in [2.24, 2.45) is 0 Å². The van der Waals surface area contributed by atoms with E-state index >= 15 is 0 Å². The van der Waals surface area contributed by atoms with E-state index < -0.39 is 0 Å². The zero-order chi connectivity index (χ0) is 17.5. The number of hydrogen-bond acceptors (Lipinski definition) is 7. The number of ether oxygens (including phenoxy) is 4. The highest BCUT2D eigenvalue weighted by atomic mass is 16.6. The molecular formula is C15H25N3O6. The van der Waals surface area contributed by atoms with E-state index in [2.05, 4.69) is 15.3 Å². The van der Waals surface area contributed by atoms with Crippen LogP contribution < -0.4 is 5.32 Å². The van der Waals surface area contributed by atoms with Crippen LogP contribution in [0.2, 0.25) is 0 Å². The van der Waals surface area contributed by atoms with Crippen LogP contribution in [-0.2, 0) is 23.7 Å². The van der Waals surface area contributed by atoms with Crippen LogP contribution in [0.25, 0.3) is 0 Å². The number of carbonyl (C=O) groups excluding carboxylic acids is 2. The molecule has 1 aromatic heterocycles. The molecule has 0 atom stereocenters. The van der Waals surface area contributed by atoms with Crippen molar-refractivity contribution in [3.05, 3.63) is 18.2 Å². The van der Waals surface area contributed by atoms with E-state index in [-0.39, 0.29) is 18.5 Å². The van der Waals surface area contributed by atoms with Crippen molar-refractivity contribution < 1.29 is 28.5 Å². The molecule has 0 unspecified atom stereocenters. The van der Waals surface area contributed by atoms with Crippen LogP contribution in [0.4, 0.5) is 0 Å². The number of esters is 1. The molecule has 2 N–H and O–H groups in total. The fourth-order valence-electron chi connectivity index (χ4n) is 1.56. The number of hydrogen-bond donors (Lipinski definition) is 2. The minimum absolute atomic E-state index is 0.0596. The molecule has 0 saturated heterocycles. The Kier molecular flexibility index (Phi) is 11.3. The van der Waals surface area contributed by atoms with Crippen molar-refractivity contribution in [3.8, 4) is 0 Å². The maximum atomic E-state index is 11.5. The van der Waals surface area contributed by atoms with Gasteiger partial charge in [-0.05, 0) is 6.42 Å². The monoisotopic (exact) mass is 343 g/mol. The van der Waals surface area contributed by atoms with Crippen molar-refractivity contribution in [1.82, 2.24) is 15.3 Å². The molecule has 0 bridgehead atoms. The Hall–Kier alpha value is -1.97. The van der Waals surface area contributed by atoms with Gasteiger partial charge in [0.15, 0.2) is 0 Å². The van der Waals surface area contributed by atoms with Crippen molar-refractivity contribution in [2.45, 2.75) is 13.3 Å². The Morgan fingerprint density at radius 1 is 1.08 bits per heavy atom. The van der Waals surface area contributed by atoms with Crippen molar-refractivity contribution in [1.29, 1.82) is 0 Å². The van der Waals surface area contributed by atoms with Gasteiger partial charge in [-0.2, -0.15) is 0 Å². The SMILES string of the molecule is CCCOC(=O)COCCOCCOCCNC(=O)c1cnc[nH]1. The first-order valence-electron chi connectivity index (χ1n) is 7.89. The molecule has 0 saturated carbocycles. The second kappa shape index (κ2) is 13.5. The Labute approximate surface area is 141 Å². The second-order valence-corrected chi connectivity index (χ2v) is 4.72. The lowest BCUT2D eigenvalue weighted by Crippen LogP contribution is -2.27. The van der Waals surface area contributed by atoms with Crippen molar-refractivity contribution in [3.63, 3.8) is 0 Å². The third kappa shape index (κ3) is 9.93. The summed E-state index contributed by atoms with van der Waals surface area (Å²) < 4.78 is 20.5. The number of aromatic nitrogens is 2. The molecule has 0 aromatic carbocycles. The predicted octanol–water partition coefficient (Wildman–Crippen LogP) is 0.143. The van der Waals surface area contributed by atoms with Crippen LogP contribution in [0.3, 0.4) is 0 Å². The van der Waals surface area contributed by atoms with Gasteiger partial charge in [0.2, 0.25) is 0 Å². The summed E-state index contributed by atoms with van der Waals surface area (Å²) in [5, 5.41) is 2.69. The number of amides is 1. The summed E-state index contributed by atoms with van der Waals surface area (Å²) in [7, 11) is 0. The fraction of sp³-hybridized carbons (Fsp3) is 0.667. The molecule has 1 amide bonds. The number of carbonyl (C=O) groups is 2. The van der Waals surface area contributed by atoms with Gasteiger partial charge in [-0.1, -0.05) is 6.92 Å². The van der Waals surface area contributed by atoms with Crippen molar-refractivity contribution >= 4 is 11.9 Å². The highest BCUT2D eigenvalue weighted by Crippen LogP contribution is 1.89. The third-order valence-electron chi connectivity index (χ3n) is 2.71. The molecule has 0 spiro atoms. The Balaban J connectivity index is 1.81. The Morgan fingerprint density at radius 3 is 2.46 bits per heavy atom. The Bertz CT molecular complexity index is 452. The molecule has 1 aromatic rings. The topological polar surface area (TPSA) is 112 Å². The van der Waals surface area contributed by atoms with Gasteiger partial charge < -0.3 is 29.2 Å². The van der Waals surface area contributed by atoms with Crippen LogP contribution in [0, 0.1) is 0 Å². The van der Waals surface area contributed by atoms with Gasteiger partial charge in [0.1, 0.15) is 12.3 Å². The molecule has 0 aliphatic heterocycles. The van der Waals surface area contributed by atoms with E-state index in [4.69, 9.17) is 18.9 Å². The fourth-order valence-corrected chi connectivity index (χ4v) is 1.56. The summed E-state index contributed by atoms with van der Waals surface area (Å²) in [4.78, 5) is 29.1. The van der Waals surface area contributed by atoms with Crippen LogP contribution >= 0.6 is 0 Å². The van der Waals surface area contributed by atoms with Gasteiger partial charge in [0.25, 0.3) is 5.91 Å². The zero-order valence-electron chi connectivity index (χ0n) is 13.9. The highest BCUT2D eigenvalue weighted by molar-refractivity contribution is 5.91. The molecule has 1 rings (SSSR count). The average Bonchev–Trinajstić information content (AvgIpc) is 3.12. The van der Waals surface area contributed by atoms with Crippen LogP contribution in [0.1, 0.15) is 23.8 Å². The second-order valence-electron chi connectivity index (χ2n) is 4.72. The van der Waals surface area contributed by atoms with Gasteiger partial charge in [0, 0.05) is 6.54 Å². The lowest BCUT2D eigenvalue weighted by atomic mass is 10.4. The van der Waals surface area contributed by atoms with Crippen molar-refractivity contribution in [2.75, 3.05) is 52.8 Å². The number of rotatable bonds is 14. The molecular weight excluding hydrogens is 318 g/mol. The number of H-pyrrole nitrogens is 1. The minimum Gasteiger partial charge on any atom is -0.464 e. The van der Waals surface area contributed by atoms with E-state index in [0.29, 0.717) is 51.9 Å². The number of aromatic amines is 1. The number of nitrogens with zero attached hydrogens (tertiary/aromatic N) is 1. The molecule has 136 valence electrons. The zero-order valence-corrected chi connectivity index (χ0v) is 13.9. The lowest BCUT2D eigenvalue weighted by Gasteiger charge is -2.07. The van der Waals surface area contributed by atoms with E-state index in [1.165, 1.54) is 12.5 Å². The largest absolute Gasteiger partial charge is 0.464 e. The van der Waals surface area contributed by atoms with Crippen LogP contribution in [0.15, 0.2) is 12.5 Å². The summed E-state index contributed by atoms with van der Waals surface area (Å²) in [5.41, 5.74) is 0.414. The lowest BCUT2D eigenvalue weighted by molar-refractivity contribution is -0.149. The summed E-state index contributed by atoms with van der Waals surface area (Å²) in [6.07, 6.45) is 3.69. The van der Waals surface area contributed by atoms with Gasteiger partial charge in [-0.25, -0.2) is 9.78 Å². The summed E-state index contributed by atoms with van der Waals surface area (Å²) in [5.74, 6) is -0.584. The summed E-state index contributed by atoms with van der Waals surface area (Å²) in [6.45, 7) is 4.61. The van der Waals surface area contributed by atoms with Gasteiger partial charge in [-0.3, -0.25) is 4.79 Å². The maximum absolute atomic E-state index is 11.5. The number of imidazole rings is 1. The third-order valence-corrected chi connectivity index (χ3v) is 2.71. The van der Waals surface area contributed by atoms with Crippen LogP contribution in [0.5, 0.6) is 0 Å². The number of nitrogens with one attached hydrogen (secondary N) is 2. The van der Waals surface area contributed by atoms with E-state index in [0.717, 1.165) is 6.42 Å². The van der Waals surface area contributed by atoms with Gasteiger partial charge in [-0.15, -0.1) is 0 Å². The smallest absolute Gasteiger partial charge is 0.332 e. The first kappa shape index (κ1) is 20.1. The van der Waals surface area contributed by atoms with Gasteiger partial charge in [0.05, 0.1) is 52.2 Å². The van der Waals surface area contributed by atoms with Gasteiger partial charge >= 0.3 is 5.97 Å². The molecule has 0 aliphatic carbocycles. The predicted molar refractivity (Wildman–Crippen MR) is 84.6 cm³/mol. The quantitative estimate of drug-likeness (QED) is 0.365. The Morgan fingerprint density at radius 2 is 1.79 bits per heavy atom. The molecule has 9 heteroatoms. The maximum Gasteiger partial charge on any atom is 0.332 e. The van der Waals surface area contributed by atoms with E-state index in [1.807, 2.05) is 6.92 Å². The molecule has 9 nitrogen and oxygen atoms in total. The minimum atomic E-state index is -0.364. The van der Waals surface area contributed by atoms with E-state index in [1.54, 1.807) is 0 Å². The molecule has 0 aliphatic rings. The normalized spacial score (nSPS) is 10.5. The first-order valence-corrected chi connectivity index (χ1v) is 7.89. The molecule has 24 heavy (non-hydrogen) atoms. The standard InChI is InChI=1S/C15H25N3O6/c1-2-4-24-14(19)11-23-9-8-22-7-6-21-5-3-17-15(20)13-10-16-12-18-13/h10,12H,2-9,11H2,1H3,(H,16,18)(H,17,20). The molecule has 0 fully saturated rings.